The molecule has 1 atom stereocenters. The van der Waals surface area contributed by atoms with Crippen molar-refractivity contribution >= 4 is 17.5 Å². The lowest BCUT2D eigenvalue weighted by atomic mass is 10.1. The summed E-state index contributed by atoms with van der Waals surface area (Å²) in [5, 5.41) is 6.08. The summed E-state index contributed by atoms with van der Waals surface area (Å²) >= 11 is 5.66. The highest BCUT2D eigenvalue weighted by molar-refractivity contribution is 6.30. The molecule has 1 aromatic carbocycles. The van der Waals surface area contributed by atoms with E-state index in [1.807, 2.05) is 5.32 Å². The average molecular weight is 333 g/mol. The summed E-state index contributed by atoms with van der Waals surface area (Å²) in [5.74, 6) is -0.729. The number of carbonyl (C=O) groups is 1. The number of alkyl halides is 3. The smallest absolute Gasteiger partial charge is 0.341 e. The highest BCUT2D eigenvalue weighted by atomic mass is 35.5. The standard InChI is InChI=1S/C13H12ClF3N4O/c14-10-3-1-9(2-4-10)12(13(15,16)17)20-11(22)5-6-21-8-18-7-19-21/h1-4,7-8,12H,5-6H2,(H,20,22)/t12-/m0/s1. The highest BCUT2D eigenvalue weighted by Gasteiger charge is 2.41. The summed E-state index contributed by atoms with van der Waals surface area (Å²) in [4.78, 5) is 15.4. The highest BCUT2D eigenvalue weighted by Crippen LogP contribution is 2.33. The molecule has 9 heteroatoms. The minimum Gasteiger partial charge on any atom is -0.341 e. The maximum Gasteiger partial charge on any atom is 0.412 e. The molecule has 1 heterocycles. The molecule has 1 aromatic heterocycles. The molecule has 2 aromatic rings. The zero-order valence-electron chi connectivity index (χ0n) is 11.2. The largest absolute Gasteiger partial charge is 0.412 e. The number of aryl methyl sites for hydroxylation is 1. The summed E-state index contributed by atoms with van der Waals surface area (Å²) in [6, 6.07) is 3.08. The van der Waals surface area contributed by atoms with E-state index in [0.717, 1.165) is 0 Å². The Morgan fingerprint density at radius 2 is 2.00 bits per heavy atom. The molecule has 22 heavy (non-hydrogen) atoms. The van der Waals surface area contributed by atoms with E-state index >= 15 is 0 Å². The van der Waals surface area contributed by atoms with Gasteiger partial charge in [0.15, 0.2) is 6.04 Å². The second-order valence-corrected chi connectivity index (χ2v) is 4.94. The van der Waals surface area contributed by atoms with Gasteiger partial charge in [-0.3, -0.25) is 9.48 Å². The Morgan fingerprint density at radius 3 is 2.55 bits per heavy atom. The van der Waals surface area contributed by atoms with Crippen LogP contribution < -0.4 is 5.32 Å². The third-order valence-electron chi connectivity index (χ3n) is 2.87. The SMILES string of the molecule is O=C(CCn1cncn1)N[C@@H](c1ccc(Cl)cc1)C(F)(F)F. The number of carbonyl (C=O) groups excluding carboxylic acids is 1. The molecular weight excluding hydrogens is 321 g/mol. The molecule has 2 rings (SSSR count). The molecule has 0 bridgehead atoms. The monoisotopic (exact) mass is 332 g/mol. The fourth-order valence-electron chi connectivity index (χ4n) is 1.81. The van der Waals surface area contributed by atoms with Gasteiger partial charge in [-0.25, -0.2) is 4.98 Å². The van der Waals surface area contributed by atoms with Crippen LogP contribution in [0.25, 0.3) is 0 Å². The van der Waals surface area contributed by atoms with Gasteiger partial charge in [0.25, 0.3) is 0 Å². The van der Waals surface area contributed by atoms with E-state index < -0.39 is 18.1 Å². The van der Waals surface area contributed by atoms with Gasteiger partial charge in [-0.1, -0.05) is 23.7 Å². The number of rotatable bonds is 5. The van der Waals surface area contributed by atoms with E-state index in [2.05, 4.69) is 10.1 Å². The molecule has 1 amide bonds. The first-order valence-electron chi connectivity index (χ1n) is 6.30. The van der Waals surface area contributed by atoms with E-state index in [1.54, 1.807) is 0 Å². The van der Waals surface area contributed by atoms with Gasteiger partial charge in [-0.15, -0.1) is 0 Å². The molecule has 1 N–H and O–H groups in total. The Morgan fingerprint density at radius 1 is 1.32 bits per heavy atom. The first-order chi connectivity index (χ1) is 10.4. The molecule has 5 nitrogen and oxygen atoms in total. The molecule has 118 valence electrons. The van der Waals surface area contributed by atoms with Crippen molar-refractivity contribution in [2.75, 3.05) is 0 Å². The average Bonchev–Trinajstić information content (AvgIpc) is 2.96. The minimum atomic E-state index is -4.60. The van der Waals surface area contributed by atoms with Crippen molar-refractivity contribution < 1.29 is 18.0 Å². The number of hydrogen-bond acceptors (Lipinski definition) is 3. The van der Waals surface area contributed by atoms with E-state index in [0.29, 0.717) is 5.02 Å². The lowest BCUT2D eigenvalue weighted by Crippen LogP contribution is -2.38. The van der Waals surface area contributed by atoms with E-state index in [1.165, 1.54) is 41.6 Å². The van der Waals surface area contributed by atoms with Crippen molar-refractivity contribution in [3.8, 4) is 0 Å². The number of hydrogen-bond donors (Lipinski definition) is 1. The van der Waals surface area contributed by atoms with Crippen molar-refractivity contribution in [2.45, 2.75) is 25.2 Å². The van der Waals surface area contributed by atoms with Gasteiger partial charge in [-0.05, 0) is 17.7 Å². The van der Waals surface area contributed by atoms with Crippen LogP contribution in [0, 0.1) is 0 Å². The maximum absolute atomic E-state index is 13.1. The fourth-order valence-corrected chi connectivity index (χ4v) is 1.93. The second kappa shape index (κ2) is 6.78. The third kappa shape index (κ3) is 4.45. The normalized spacial score (nSPS) is 12.9. The molecule has 0 unspecified atom stereocenters. The Balaban J connectivity index is 2.03. The third-order valence-corrected chi connectivity index (χ3v) is 3.12. The first kappa shape index (κ1) is 16.3. The lowest BCUT2D eigenvalue weighted by molar-refractivity contribution is -0.163. The molecule has 0 radical (unpaired) electrons. The van der Waals surface area contributed by atoms with Crippen LogP contribution in [-0.2, 0) is 11.3 Å². The summed E-state index contributed by atoms with van der Waals surface area (Å²) in [6.45, 7) is 0.150. The van der Waals surface area contributed by atoms with Gasteiger partial charge in [0.05, 0.1) is 6.54 Å². The fraction of sp³-hybridized carbons (Fsp3) is 0.308. The van der Waals surface area contributed by atoms with Crippen molar-refractivity contribution in [3.05, 3.63) is 47.5 Å². The van der Waals surface area contributed by atoms with Gasteiger partial charge in [-0.2, -0.15) is 18.3 Å². The quantitative estimate of drug-likeness (QED) is 0.916. The molecule has 0 spiro atoms. The van der Waals surface area contributed by atoms with Crippen molar-refractivity contribution in [3.63, 3.8) is 0 Å². The van der Waals surface area contributed by atoms with Gasteiger partial charge >= 0.3 is 6.18 Å². The van der Waals surface area contributed by atoms with Gasteiger partial charge in [0.1, 0.15) is 12.7 Å². The maximum atomic E-state index is 13.1. The molecule has 0 saturated carbocycles. The number of nitrogens with one attached hydrogen (secondary N) is 1. The van der Waals surface area contributed by atoms with E-state index in [9.17, 15) is 18.0 Å². The predicted molar refractivity (Wildman–Crippen MR) is 73.0 cm³/mol. The van der Waals surface area contributed by atoms with Crippen molar-refractivity contribution in [2.24, 2.45) is 0 Å². The Bertz CT molecular complexity index is 613. The van der Waals surface area contributed by atoms with Crippen LogP contribution in [-0.4, -0.2) is 26.8 Å². The number of amides is 1. The van der Waals surface area contributed by atoms with Gasteiger partial charge < -0.3 is 5.32 Å². The number of halogens is 4. The number of benzene rings is 1. The van der Waals surface area contributed by atoms with Crippen LogP contribution in [0.4, 0.5) is 13.2 Å². The van der Waals surface area contributed by atoms with Crippen molar-refractivity contribution in [1.82, 2.24) is 20.1 Å². The molecule has 0 fully saturated rings. The molecular formula is C13H12ClF3N4O. The van der Waals surface area contributed by atoms with Crippen molar-refractivity contribution in [1.29, 1.82) is 0 Å². The summed E-state index contributed by atoms with van der Waals surface area (Å²) in [5.41, 5.74) is -0.0778. The molecule has 0 aliphatic carbocycles. The molecule has 0 aliphatic heterocycles. The number of nitrogens with zero attached hydrogens (tertiary/aromatic N) is 3. The van der Waals surface area contributed by atoms with Crippen LogP contribution in [0.2, 0.25) is 5.02 Å². The minimum absolute atomic E-state index is 0.0778. The molecule has 0 saturated heterocycles. The van der Waals surface area contributed by atoms with E-state index in [4.69, 9.17) is 11.6 Å². The van der Waals surface area contributed by atoms with Crippen LogP contribution >= 0.6 is 11.6 Å². The zero-order valence-corrected chi connectivity index (χ0v) is 12.0. The van der Waals surface area contributed by atoms with Crippen LogP contribution in [0.5, 0.6) is 0 Å². The van der Waals surface area contributed by atoms with Crippen LogP contribution in [0.15, 0.2) is 36.9 Å². The van der Waals surface area contributed by atoms with Gasteiger partial charge in [0, 0.05) is 11.4 Å². The Kier molecular flexibility index (Phi) is 5.02. The topological polar surface area (TPSA) is 59.8 Å². The van der Waals surface area contributed by atoms with Crippen LogP contribution in [0.1, 0.15) is 18.0 Å². The Labute approximate surface area is 129 Å². The summed E-state index contributed by atoms with van der Waals surface area (Å²) in [7, 11) is 0. The Hall–Kier alpha value is -2.09. The van der Waals surface area contributed by atoms with Gasteiger partial charge in [0.2, 0.25) is 5.91 Å². The lowest BCUT2D eigenvalue weighted by Gasteiger charge is -2.22. The summed E-state index contributed by atoms with van der Waals surface area (Å²) in [6.07, 6.45) is -2.07. The summed E-state index contributed by atoms with van der Waals surface area (Å²) < 4.78 is 40.7. The van der Waals surface area contributed by atoms with E-state index in [-0.39, 0.29) is 18.5 Å². The molecule has 0 aliphatic rings. The second-order valence-electron chi connectivity index (χ2n) is 4.50. The zero-order chi connectivity index (χ0) is 16.2. The van der Waals surface area contributed by atoms with Crippen LogP contribution in [0.3, 0.4) is 0 Å². The first-order valence-corrected chi connectivity index (χ1v) is 6.68. The number of aromatic nitrogens is 3. The predicted octanol–water partition coefficient (Wildman–Crippen LogP) is 2.74.